The first-order chi connectivity index (χ1) is 7.83. The van der Waals surface area contributed by atoms with Gasteiger partial charge in [-0.25, -0.2) is 4.79 Å². The highest BCUT2D eigenvalue weighted by Crippen LogP contribution is 2.66. The quantitative estimate of drug-likeness (QED) is 0.606. The maximum Gasteiger partial charge on any atom is 0.336 e. The van der Waals surface area contributed by atoms with E-state index in [-0.39, 0.29) is 29.1 Å². The lowest BCUT2D eigenvalue weighted by molar-refractivity contribution is -0.152. The average Bonchev–Trinajstić information content (AvgIpc) is 2.60. The number of aliphatic hydroxyl groups excluding tert-OH is 1. The number of carbonyl (C=O) groups excluding carboxylic acids is 1. The summed E-state index contributed by atoms with van der Waals surface area (Å²) in [6, 6.07) is 0. The SMILES string of the molecule is C=C(CO)C(=O)OC1C[C@H]2CC[C@@]1(C)C2(C)C. The van der Waals surface area contributed by atoms with Gasteiger partial charge in [0.05, 0.1) is 12.2 Å². The molecule has 0 amide bonds. The molecule has 2 aliphatic carbocycles. The molecular weight excluding hydrogens is 216 g/mol. The summed E-state index contributed by atoms with van der Waals surface area (Å²) in [7, 11) is 0. The minimum Gasteiger partial charge on any atom is -0.458 e. The normalized spacial score (nSPS) is 38.1. The summed E-state index contributed by atoms with van der Waals surface area (Å²) in [4.78, 5) is 11.7. The highest BCUT2D eigenvalue weighted by atomic mass is 16.5. The Morgan fingerprint density at radius 3 is 2.53 bits per heavy atom. The van der Waals surface area contributed by atoms with Crippen LogP contribution >= 0.6 is 0 Å². The predicted molar refractivity (Wildman–Crippen MR) is 65.3 cm³/mol. The highest BCUT2D eigenvalue weighted by molar-refractivity contribution is 5.88. The molecule has 3 nitrogen and oxygen atoms in total. The van der Waals surface area contributed by atoms with Gasteiger partial charge in [0.15, 0.2) is 0 Å². The van der Waals surface area contributed by atoms with Gasteiger partial charge >= 0.3 is 5.97 Å². The van der Waals surface area contributed by atoms with Crippen LogP contribution in [0.1, 0.15) is 40.0 Å². The Kier molecular flexibility index (Phi) is 2.85. The molecule has 0 radical (unpaired) electrons. The van der Waals surface area contributed by atoms with E-state index in [0.29, 0.717) is 5.92 Å². The predicted octanol–water partition coefficient (Wildman–Crippen LogP) is 2.29. The first kappa shape index (κ1) is 12.6. The van der Waals surface area contributed by atoms with Gasteiger partial charge in [-0.05, 0) is 30.6 Å². The first-order valence-corrected chi connectivity index (χ1v) is 6.32. The summed E-state index contributed by atoms with van der Waals surface area (Å²) in [6.45, 7) is 9.96. The van der Waals surface area contributed by atoms with Crippen LogP contribution in [0.2, 0.25) is 0 Å². The Hall–Kier alpha value is -0.830. The maximum atomic E-state index is 11.7. The van der Waals surface area contributed by atoms with Gasteiger partial charge in [0.25, 0.3) is 0 Å². The molecule has 3 heteroatoms. The largest absolute Gasteiger partial charge is 0.458 e. The van der Waals surface area contributed by atoms with Crippen LogP contribution in [0, 0.1) is 16.7 Å². The maximum absolute atomic E-state index is 11.7. The molecule has 96 valence electrons. The van der Waals surface area contributed by atoms with Gasteiger partial charge in [0, 0.05) is 5.41 Å². The lowest BCUT2D eigenvalue weighted by Gasteiger charge is -2.38. The molecule has 0 aliphatic heterocycles. The van der Waals surface area contributed by atoms with Crippen LogP contribution in [0.3, 0.4) is 0 Å². The van der Waals surface area contributed by atoms with Crippen molar-refractivity contribution < 1.29 is 14.6 Å². The van der Waals surface area contributed by atoms with Gasteiger partial charge in [-0.1, -0.05) is 27.4 Å². The fourth-order valence-electron chi connectivity index (χ4n) is 3.59. The summed E-state index contributed by atoms with van der Waals surface area (Å²) in [5, 5.41) is 8.88. The van der Waals surface area contributed by atoms with Crippen molar-refractivity contribution >= 4 is 5.97 Å². The summed E-state index contributed by atoms with van der Waals surface area (Å²) in [5.74, 6) is 0.203. The van der Waals surface area contributed by atoms with Crippen LogP contribution in [-0.4, -0.2) is 23.8 Å². The van der Waals surface area contributed by atoms with Crippen molar-refractivity contribution in [1.82, 2.24) is 0 Å². The van der Waals surface area contributed by atoms with Gasteiger partial charge in [-0.15, -0.1) is 0 Å². The van der Waals surface area contributed by atoms with Crippen molar-refractivity contribution in [1.29, 1.82) is 0 Å². The van der Waals surface area contributed by atoms with Gasteiger partial charge in [0.2, 0.25) is 0 Å². The second-order valence-corrected chi connectivity index (χ2v) is 6.27. The lowest BCUT2D eigenvalue weighted by atomic mass is 9.70. The van der Waals surface area contributed by atoms with Crippen LogP contribution < -0.4 is 0 Å². The van der Waals surface area contributed by atoms with Gasteiger partial charge in [-0.3, -0.25) is 0 Å². The second kappa shape index (κ2) is 3.84. The number of hydrogen-bond donors (Lipinski definition) is 1. The molecule has 3 atom stereocenters. The van der Waals surface area contributed by atoms with Crippen molar-refractivity contribution in [3.63, 3.8) is 0 Å². The highest BCUT2D eigenvalue weighted by Gasteiger charge is 2.62. The number of fused-ring (bicyclic) bond motifs is 2. The zero-order valence-electron chi connectivity index (χ0n) is 11.0. The van der Waals surface area contributed by atoms with E-state index >= 15 is 0 Å². The van der Waals surface area contributed by atoms with E-state index in [0.717, 1.165) is 12.8 Å². The van der Waals surface area contributed by atoms with Gasteiger partial charge < -0.3 is 9.84 Å². The molecule has 0 aromatic rings. The number of carbonyl (C=O) groups is 1. The van der Waals surface area contributed by atoms with Crippen molar-refractivity contribution in [2.45, 2.75) is 46.1 Å². The summed E-state index contributed by atoms with van der Waals surface area (Å²) in [5.41, 5.74) is 0.454. The van der Waals surface area contributed by atoms with E-state index in [1.165, 1.54) is 6.42 Å². The monoisotopic (exact) mass is 238 g/mol. The molecule has 0 aromatic heterocycles. The molecule has 2 bridgehead atoms. The average molecular weight is 238 g/mol. The Morgan fingerprint density at radius 1 is 1.47 bits per heavy atom. The number of esters is 1. The number of rotatable bonds is 3. The summed E-state index contributed by atoms with van der Waals surface area (Å²) in [6.07, 6.45) is 3.28. The fraction of sp³-hybridized carbons (Fsp3) is 0.786. The third-order valence-electron chi connectivity index (χ3n) is 5.44. The third kappa shape index (κ3) is 1.63. The van der Waals surface area contributed by atoms with Crippen LogP contribution in [0.15, 0.2) is 12.2 Å². The minimum absolute atomic E-state index is 0.0213. The van der Waals surface area contributed by atoms with Crippen LogP contribution in [0.25, 0.3) is 0 Å². The van der Waals surface area contributed by atoms with Gasteiger partial charge in [-0.2, -0.15) is 0 Å². The molecule has 2 fully saturated rings. The number of ether oxygens (including phenoxy) is 1. The van der Waals surface area contributed by atoms with E-state index in [1.807, 2.05) is 0 Å². The van der Waals surface area contributed by atoms with Crippen molar-refractivity contribution in [2.75, 3.05) is 6.61 Å². The molecule has 17 heavy (non-hydrogen) atoms. The number of hydrogen-bond acceptors (Lipinski definition) is 3. The minimum atomic E-state index is -0.443. The van der Waals surface area contributed by atoms with E-state index < -0.39 is 5.97 Å². The van der Waals surface area contributed by atoms with Crippen LogP contribution in [0.4, 0.5) is 0 Å². The standard InChI is InChI=1S/C14H22O3/c1-9(8-15)12(16)17-11-7-10-5-6-14(11,4)13(10,2)3/h10-11,15H,1,5-8H2,2-4H3/t10-,11?,14-/m1/s1. The molecule has 0 aromatic carbocycles. The van der Waals surface area contributed by atoms with Crippen LogP contribution in [0.5, 0.6) is 0 Å². The molecule has 0 spiro atoms. The Morgan fingerprint density at radius 2 is 2.12 bits per heavy atom. The van der Waals surface area contributed by atoms with Crippen molar-refractivity contribution in [3.05, 3.63) is 12.2 Å². The Balaban J connectivity index is 2.11. The molecule has 1 N–H and O–H groups in total. The zero-order valence-corrected chi connectivity index (χ0v) is 11.0. The third-order valence-corrected chi connectivity index (χ3v) is 5.44. The van der Waals surface area contributed by atoms with Gasteiger partial charge in [0.1, 0.15) is 6.10 Å². The zero-order chi connectivity index (χ0) is 12.8. The lowest BCUT2D eigenvalue weighted by Crippen LogP contribution is -2.38. The molecule has 2 aliphatic rings. The second-order valence-electron chi connectivity index (χ2n) is 6.27. The molecule has 1 unspecified atom stereocenters. The Labute approximate surface area is 103 Å². The smallest absolute Gasteiger partial charge is 0.336 e. The van der Waals surface area contributed by atoms with Crippen LogP contribution in [-0.2, 0) is 9.53 Å². The van der Waals surface area contributed by atoms with E-state index in [1.54, 1.807) is 0 Å². The molecular formula is C14H22O3. The van der Waals surface area contributed by atoms with Crippen molar-refractivity contribution in [2.24, 2.45) is 16.7 Å². The molecule has 0 heterocycles. The van der Waals surface area contributed by atoms with E-state index in [4.69, 9.17) is 9.84 Å². The fourth-order valence-corrected chi connectivity index (χ4v) is 3.59. The molecule has 2 saturated carbocycles. The first-order valence-electron chi connectivity index (χ1n) is 6.32. The van der Waals surface area contributed by atoms with E-state index in [9.17, 15) is 4.79 Å². The summed E-state index contributed by atoms with van der Waals surface area (Å²) < 4.78 is 5.54. The number of aliphatic hydroxyl groups is 1. The molecule has 2 rings (SSSR count). The topological polar surface area (TPSA) is 46.5 Å². The van der Waals surface area contributed by atoms with Crippen molar-refractivity contribution in [3.8, 4) is 0 Å². The molecule has 0 saturated heterocycles. The summed E-state index contributed by atoms with van der Waals surface area (Å²) >= 11 is 0. The van der Waals surface area contributed by atoms with E-state index in [2.05, 4.69) is 27.4 Å². The Bertz CT molecular complexity index is 358.